The number of nitrogens with two attached hydrogens (primary N) is 1. The molecule has 0 bridgehead atoms. The van der Waals surface area contributed by atoms with Crippen molar-refractivity contribution in [3.05, 3.63) is 18.2 Å². The van der Waals surface area contributed by atoms with E-state index in [4.69, 9.17) is 15.2 Å². The first-order chi connectivity index (χ1) is 13.3. The third-order valence-electron chi connectivity index (χ3n) is 5.05. The minimum Gasteiger partial charge on any atom is -0.454 e. The highest BCUT2D eigenvalue weighted by atomic mass is 32.2. The van der Waals surface area contributed by atoms with Crippen LogP contribution < -0.4 is 19.5 Å². The van der Waals surface area contributed by atoms with Gasteiger partial charge in [-0.15, -0.1) is 0 Å². The van der Waals surface area contributed by atoms with Gasteiger partial charge < -0.3 is 20.1 Å². The lowest BCUT2D eigenvalue weighted by molar-refractivity contribution is -0.134. The molecule has 10 heteroatoms. The molecule has 0 spiro atoms. The lowest BCUT2D eigenvalue weighted by Gasteiger charge is -2.31. The van der Waals surface area contributed by atoms with Crippen molar-refractivity contribution in [2.24, 2.45) is 11.7 Å². The number of carbonyl (C=O) groups is 2. The second-order valence-corrected chi connectivity index (χ2v) is 8.94. The van der Waals surface area contributed by atoms with Gasteiger partial charge in [0, 0.05) is 38.0 Å². The largest absolute Gasteiger partial charge is 0.454 e. The van der Waals surface area contributed by atoms with Gasteiger partial charge >= 0.3 is 0 Å². The van der Waals surface area contributed by atoms with Crippen LogP contribution in [-0.4, -0.2) is 57.8 Å². The summed E-state index contributed by atoms with van der Waals surface area (Å²) in [6.45, 7) is 1.30. The number of likely N-dealkylation sites (tertiary alicyclic amines) is 1. The average molecular weight is 411 g/mol. The van der Waals surface area contributed by atoms with Crippen molar-refractivity contribution in [3.63, 3.8) is 0 Å². The maximum absolute atomic E-state index is 12.4. The van der Waals surface area contributed by atoms with Gasteiger partial charge in [0.2, 0.25) is 28.6 Å². The van der Waals surface area contributed by atoms with Crippen molar-refractivity contribution >= 4 is 27.5 Å². The number of nitrogens with zero attached hydrogens (tertiary/aromatic N) is 2. The molecule has 1 saturated heterocycles. The second kappa shape index (κ2) is 8.26. The quantitative estimate of drug-likeness (QED) is 0.705. The fraction of sp³-hybridized carbons (Fsp3) is 0.556. The molecule has 1 aromatic carbocycles. The van der Waals surface area contributed by atoms with Crippen molar-refractivity contribution in [3.8, 4) is 11.5 Å². The number of anilines is 1. The van der Waals surface area contributed by atoms with Crippen molar-refractivity contribution in [2.45, 2.75) is 25.7 Å². The molecule has 28 heavy (non-hydrogen) atoms. The number of piperidine rings is 1. The van der Waals surface area contributed by atoms with Crippen LogP contribution in [0, 0.1) is 5.92 Å². The van der Waals surface area contributed by atoms with E-state index in [0.717, 1.165) is 6.26 Å². The monoisotopic (exact) mass is 411 g/mol. The Bertz CT molecular complexity index is 849. The number of sulfonamides is 1. The number of amides is 2. The summed E-state index contributed by atoms with van der Waals surface area (Å²) in [4.78, 5) is 25.3. The van der Waals surface area contributed by atoms with E-state index in [1.807, 2.05) is 0 Å². The van der Waals surface area contributed by atoms with Crippen LogP contribution in [0.15, 0.2) is 18.2 Å². The van der Waals surface area contributed by atoms with Gasteiger partial charge in [-0.3, -0.25) is 13.9 Å². The Hall–Kier alpha value is -2.49. The summed E-state index contributed by atoms with van der Waals surface area (Å²) in [6, 6.07) is 4.95. The maximum Gasteiger partial charge on any atom is 0.232 e. The molecule has 154 valence electrons. The van der Waals surface area contributed by atoms with Crippen LogP contribution in [-0.2, 0) is 19.6 Å². The molecular formula is C18H25N3O6S. The summed E-state index contributed by atoms with van der Waals surface area (Å²) in [5.74, 6) is 0.545. The minimum absolute atomic E-state index is 0.0398. The van der Waals surface area contributed by atoms with Gasteiger partial charge in [-0.05, 0) is 31.4 Å². The van der Waals surface area contributed by atoms with Crippen molar-refractivity contribution in [1.29, 1.82) is 0 Å². The summed E-state index contributed by atoms with van der Waals surface area (Å²) >= 11 is 0. The number of rotatable bonds is 7. The molecule has 0 atom stereocenters. The smallest absolute Gasteiger partial charge is 0.232 e. The maximum atomic E-state index is 12.4. The lowest BCUT2D eigenvalue weighted by atomic mass is 9.96. The number of ether oxygens (including phenoxy) is 2. The molecule has 2 N–H and O–H groups in total. The van der Waals surface area contributed by atoms with Crippen LogP contribution in [0.3, 0.4) is 0 Å². The predicted molar refractivity (Wildman–Crippen MR) is 102 cm³/mol. The standard InChI is InChI=1S/C18H25N3O6S/c1-28(24,25)21(14-4-5-15-16(11-14)27-12-26-15)8-2-3-17(22)20-9-6-13(7-10-20)18(19)23/h4-5,11,13H,2-3,6-10,12H2,1H3,(H2,19,23). The number of carbonyl (C=O) groups excluding carboxylic acids is 2. The van der Waals surface area contributed by atoms with E-state index in [1.54, 1.807) is 23.1 Å². The third-order valence-corrected chi connectivity index (χ3v) is 6.24. The lowest BCUT2D eigenvalue weighted by Crippen LogP contribution is -2.42. The Labute approximate surface area is 164 Å². The second-order valence-electron chi connectivity index (χ2n) is 7.03. The molecule has 0 aromatic heterocycles. The molecule has 2 amide bonds. The highest BCUT2D eigenvalue weighted by Crippen LogP contribution is 2.36. The van der Waals surface area contributed by atoms with E-state index in [-0.39, 0.29) is 37.5 Å². The Balaban J connectivity index is 1.56. The highest BCUT2D eigenvalue weighted by molar-refractivity contribution is 7.92. The Morgan fingerprint density at radius 1 is 1.21 bits per heavy atom. The normalized spacial score (nSPS) is 16.8. The van der Waals surface area contributed by atoms with E-state index >= 15 is 0 Å². The number of hydrogen-bond acceptors (Lipinski definition) is 6. The van der Waals surface area contributed by atoms with Crippen molar-refractivity contribution in [2.75, 3.05) is 37.0 Å². The van der Waals surface area contributed by atoms with Gasteiger partial charge in [0.15, 0.2) is 11.5 Å². The van der Waals surface area contributed by atoms with E-state index < -0.39 is 10.0 Å². The van der Waals surface area contributed by atoms with Crippen LogP contribution in [0.5, 0.6) is 11.5 Å². The number of fused-ring (bicyclic) bond motifs is 1. The zero-order valence-electron chi connectivity index (χ0n) is 15.8. The van der Waals surface area contributed by atoms with Gasteiger partial charge in [-0.2, -0.15) is 0 Å². The molecule has 3 rings (SSSR count). The molecule has 1 fully saturated rings. The Kier molecular flexibility index (Phi) is 5.97. The zero-order chi connectivity index (χ0) is 20.3. The van der Waals surface area contributed by atoms with Crippen LogP contribution >= 0.6 is 0 Å². The molecule has 0 radical (unpaired) electrons. The first-order valence-electron chi connectivity index (χ1n) is 9.20. The average Bonchev–Trinajstić information content (AvgIpc) is 3.11. The van der Waals surface area contributed by atoms with Crippen LogP contribution in [0.1, 0.15) is 25.7 Å². The molecule has 0 saturated carbocycles. The summed E-state index contributed by atoms with van der Waals surface area (Å²) in [5, 5.41) is 0. The Morgan fingerprint density at radius 3 is 2.54 bits per heavy atom. The van der Waals surface area contributed by atoms with Gasteiger partial charge in [-0.1, -0.05) is 0 Å². The van der Waals surface area contributed by atoms with E-state index in [2.05, 4.69) is 0 Å². The molecule has 0 aliphatic carbocycles. The Morgan fingerprint density at radius 2 is 1.89 bits per heavy atom. The van der Waals surface area contributed by atoms with Crippen LogP contribution in [0.2, 0.25) is 0 Å². The van der Waals surface area contributed by atoms with Crippen LogP contribution in [0.25, 0.3) is 0 Å². The summed E-state index contributed by atoms with van der Waals surface area (Å²) in [5.41, 5.74) is 5.78. The molecular weight excluding hydrogens is 386 g/mol. The topological polar surface area (TPSA) is 119 Å². The molecule has 2 aliphatic rings. The van der Waals surface area contributed by atoms with Crippen molar-refractivity contribution in [1.82, 2.24) is 4.90 Å². The minimum atomic E-state index is -3.51. The SMILES string of the molecule is CS(=O)(=O)N(CCCC(=O)N1CCC(C(N)=O)CC1)c1ccc2c(c1)OCO2. The van der Waals surface area contributed by atoms with Crippen LogP contribution in [0.4, 0.5) is 5.69 Å². The summed E-state index contributed by atoms with van der Waals surface area (Å²) < 4.78 is 36.3. The van der Waals surface area contributed by atoms with Crippen molar-refractivity contribution < 1.29 is 27.5 Å². The predicted octanol–water partition coefficient (Wildman–Crippen LogP) is 0.685. The fourth-order valence-electron chi connectivity index (χ4n) is 3.47. The molecule has 2 heterocycles. The fourth-order valence-corrected chi connectivity index (χ4v) is 4.43. The third kappa shape index (κ3) is 4.67. The first kappa shape index (κ1) is 20.2. The first-order valence-corrected chi connectivity index (χ1v) is 11.0. The summed E-state index contributed by atoms with van der Waals surface area (Å²) in [7, 11) is -3.51. The summed E-state index contributed by atoms with van der Waals surface area (Å²) in [6.07, 6.45) is 2.91. The van der Waals surface area contributed by atoms with Gasteiger partial charge in [0.1, 0.15) is 0 Å². The molecule has 1 aromatic rings. The highest BCUT2D eigenvalue weighted by Gasteiger charge is 2.26. The van der Waals surface area contributed by atoms with E-state index in [1.165, 1.54) is 4.31 Å². The molecule has 0 unspecified atom stereocenters. The number of benzene rings is 1. The van der Waals surface area contributed by atoms with Gasteiger partial charge in [-0.25, -0.2) is 8.42 Å². The number of hydrogen-bond donors (Lipinski definition) is 1. The molecule has 2 aliphatic heterocycles. The number of primary amides is 1. The van der Waals surface area contributed by atoms with E-state index in [0.29, 0.717) is 49.5 Å². The van der Waals surface area contributed by atoms with Gasteiger partial charge in [0.05, 0.1) is 11.9 Å². The van der Waals surface area contributed by atoms with Gasteiger partial charge in [0.25, 0.3) is 0 Å². The zero-order valence-corrected chi connectivity index (χ0v) is 16.6. The van der Waals surface area contributed by atoms with E-state index in [9.17, 15) is 18.0 Å². The molecule has 9 nitrogen and oxygen atoms in total.